The summed E-state index contributed by atoms with van der Waals surface area (Å²) in [6.07, 6.45) is 1.42. The third kappa shape index (κ3) is 1.64. The zero-order chi connectivity index (χ0) is 10.3. The average Bonchev–Trinajstić information content (AvgIpc) is 2.28. The number of anilines is 1. The smallest absolute Gasteiger partial charge is 0.0412 e. The van der Waals surface area contributed by atoms with Gasteiger partial charge < -0.3 is 10.6 Å². The van der Waals surface area contributed by atoms with E-state index < -0.39 is 0 Å². The maximum absolute atomic E-state index is 5.77. The molecule has 0 aromatic heterocycles. The number of fused-ring (bicyclic) bond motifs is 2. The van der Waals surface area contributed by atoms with Gasteiger partial charge in [0.1, 0.15) is 0 Å². The fourth-order valence-electron chi connectivity index (χ4n) is 2.54. The lowest BCUT2D eigenvalue weighted by Crippen LogP contribution is -2.51. The summed E-state index contributed by atoms with van der Waals surface area (Å²) in [4.78, 5) is 2.51. The van der Waals surface area contributed by atoms with Crippen molar-refractivity contribution in [1.82, 2.24) is 0 Å². The lowest BCUT2D eigenvalue weighted by molar-refractivity contribution is 0.556. The second-order valence-corrected chi connectivity index (χ2v) is 5.96. The molecule has 2 atom stereocenters. The van der Waals surface area contributed by atoms with Crippen molar-refractivity contribution >= 4 is 17.4 Å². The molecule has 2 N–H and O–H groups in total. The Bertz CT molecular complexity index is 350. The van der Waals surface area contributed by atoms with Crippen molar-refractivity contribution in [3.63, 3.8) is 0 Å². The van der Waals surface area contributed by atoms with E-state index in [0.717, 1.165) is 10.5 Å². The van der Waals surface area contributed by atoms with Crippen LogP contribution in [0.15, 0.2) is 24.3 Å². The third-order valence-electron chi connectivity index (χ3n) is 3.31. The van der Waals surface area contributed by atoms with Crippen LogP contribution in [-0.4, -0.2) is 23.6 Å². The highest BCUT2D eigenvalue weighted by atomic mass is 32.2. The molecule has 0 spiro atoms. The third-order valence-corrected chi connectivity index (χ3v) is 4.76. The quantitative estimate of drug-likeness (QED) is 0.824. The zero-order valence-corrected chi connectivity index (χ0v) is 9.54. The van der Waals surface area contributed by atoms with E-state index in [1.54, 1.807) is 0 Å². The van der Waals surface area contributed by atoms with Gasteiger partial charge in [0.05, 0.1) is 0 Å². The van der Waals surface area contributed by atoms with Crippen LogP contribution in [0.3, 0.4) is 0 Å². The number of benzene rings is 1. The normalized spacial score (nSPS) is 28.7. The molecule has 2 unspecified atom stereocenters. The van der Waals surface area contributed by atoms with Gasteiger partial charge in [-0.3, -0.25) is 0 Å². The summed E-state index contributed by atoms with van der Waals surface area (Å²) in [5.74, 6) is 0. The molecule has 3 heteroatoms. The van der Waals surface area contributed by atoms with Crippen molar-refractivity contribution in [3.05, 3.63) is 29.8 Å². The van der Waals surface area contributed by atoms with Crippen molar-refractivity contribution in [2.24, 2.45) is 5.73 Å². The van der Waals surface area contributed by atoms with E-state index in [1.807, 2.05) is 0 Å². The number of nitrogens with zero attached hydrogens (tertiary/aromatic N) is 1. The van der Waals surface area contributed by atoms with E-state index >= 15 is 0 Å². The van der Waals surface area contributed by atoms with Gasteiger partial charge >= 0.3 is 0 Å². The molecule has 3 fully saturated rings. The summed E-state index contributed by atoms with van der Waals surface area (Å²) >= 11 is 2.15. The SMILES string of the molecule is NCc1ccccc1N1CC2CC(C1)S2. The number of piperidine rings is 1. The minimum atomic E-state index is 0.648. The second kappa shape index (κ2) is 3.72. The van der Waals surface area contributed by atoms with E-state index in [1.165, 1.54) is 30.8 Å². The summed E-state index contributed by atoms with van der Waals surface area (Å²) < 4.78 is 0. The molecule has 3 heterocycles. The second-order valence-electron chi connectivity index (χ2n) is 4.35. The standard InChI is InChI=1S/C12H16N2S/c13-6-9-3-1-2-4-12(9)14-7-10-5-11(8-14)15-10/h1-4,10-11H,5-8,13H2. The fraction of sp³-hybridized carbons (Fsp3) is 0.500. The molecule has 0 amide bonds. The summed E-state index contributed by atoms with van der Waals surface area (Å²) in [7, 11) is 0. The van der Waals surface area contributed by atoms with E-state index in [0.29, 0.717) is 6.54 Å². The molecule has 3 saturated heterocycles. The van der Waals surface area contributed by atoms with Gasteiger partial charge in [0.15, 0.2) is 0 Å². The Morgan fingerprint density at radius 1 is 1.27 bits per heavy atom. The van der Waals surface area contributed by atoms with E-state index in [-0.39, 0.29) is 0 Å². The van der Waals surface area contributed by atoms with Crippen LogP contribution in [-0.2, 0) is 6.54 Å². The summed E-state index contributed by atoms with van der Waals surface area (Å²) in [5, 5.41) is 1.74. The van der Waals surface area contributed by atoms with Gasteiger partial charge in [-0.25, -0.2) is 0 Å². The molecule has 4 rings (SSSR count). The molecule has 1 aromatic rings. The van der Waals surface area contributed by atoms with Gasteiger partial charge in [0.25, 0.3) is 0 Å². The Balaban J connectivity index is 1.85. The minimum absolute atomic E-state index is 0.648. The number of thioether (sulfide) groups is 1. The first kappa shape index (κ1) is 9.55. The summed E-state index contributed by atoms with van der Waals surface area (Å²) in [5.41, 5.74) is 8.41. The van der Waals surface area contributed by atoms with Gasteiger partial charge in [-0.2, -0.15) is 11.8 Å². The molecule has 3 aliphatic heterocycles. The molecule has 3 aliphatic rings. The lowest BCUT2D eigenvalue weighted by Gasteiger charge is -2.48. The number of rotatable bonds is 2. The predicted molar refractivity (Wildman–Crippen MR) is 66.3 cm³/mol. The number of para-hydroxylation sites is 1. The van der Waals surface area contributed by atoms with Crippen LogP contribution in [0.2, 0.25) is 0 Å². The van der Waals surface area contributed by atoms with Gasteiger partial charge in [0.2, 0.25) is 0 Å². The van der Waals surface area contributed by atoms with Gasteiger partial charge in [-0.05, 0) is 18.1 Å². The first-order valence-electron chi connectivity index (χ1n) is 5.55. The molecule has 0 aliphatic carbocycles. The molecule has 0 radical (unpaired) electrons. The van der Waals surface area contributed by atoms with Crippen LogP contribution in [0.25, 0.3) is 0 Å². The molecular weight excluding hydrogens is 204 g/mol. The first-order chi connectivity index (χ1) is 7.36. The Hall–Kier alpha value is -0.670. The van der Waals surface area contributed by atoms with Crippen molar-refractivity contribution < 1.29 is 0 Å². The van der Waals surface area contributed by atoms with Crippen LogP contribution in [0.4, 0.5) is 5.69 Å². The minimum Gasteiger partial charge on any atom is -0.369 e. The van der Waals surface area contributed by atoms with Crippen LogP contribution in [0.1, 0.15) is 12.0 Å². The van der Waals surface area contributed by atoms with Crippen molar-refractivity contribution in [1.29, 1.82) is 0 Å². The van der Waals surface area contributed by atoms with E-state index in [4.69, 9.17) is 5.73 Å². The highest BCUT2D eigenvalue weighted by Crippen LogP contribution is 2.43. The molecule has 0 saturated carbocycles. The Morgan fingerprint density at radius 2 is 1.93 bits per heavy atom. The molecule has 15 heavy (non-hydrogen) atoms. The maximum atomic E-state index is 5.77. The Morgan fingerprint density at radius 3 is 2.60 bits per heavy atom. The highest BCUT2D eigenvalue weighted by Gasteiger charge is 2.38. The van der Waals surface area contributed by atoms with Crippen LogP contribution >= 0.6 is 11.8 Å². The molecular formula is C12H16N2S. The first-order valence-corrected chi connectivity index (χ1v) is 6.49. The topological polar surface area (TPSA) is 29.3 Å². The van der Waals surface area contributed by atoms with Crippen molar-refractivity contribution in [2.75, 3.05) is 18.0 Å². The molecule has 2 nitrogen and oxygen atoms in total. The summed E-state index contributed by atoms with van der Waals surface area (Å²) in [6, 6.07) is 8.54. The molecule has 80 valence electrons. The van der Waals surface area contributed by atoms with Crippen molar-refractivity contribution in [2.45, 2.75) is 23.5 Å². The average molecular weight is 220 g/mol. The van der Waals surface area contributed by atoms with Crippen LogP contribution in [0.5, 0.6) is 0 Å². The molecule has 1 aromatic carbocycles. The number of hydrogen-bond donors (Lipinski definition) is 1. The number of hydrogen-bond acceptors (Lipinski definition) is 3. The van der Waals surface area contributed by atoms with Crippen molar-refractivity contribution in [3.8, 4) is 0 Å². The molecule has 2 bridgehead atoms. The van der Waals surface area contributed by atoms with E-state index in [9.17, 15) is 0 Å². The van der Waals surface area contributed by atoms with Crippen LogP contribution < -0.4 is 10.6 Å². The zero-order valence-electron chi connectivity index (χ0n) is 8.73. The summed E-state index contributed by atoms with van der Waals surface area (Å²) in [6.45, 7) is 3.06. The van der Waals surface area contributed by atoms with Gasteiger partial charge in [-0.1, -0.05) is 18.2 Å². The number of nitrogens with two attached hydrogens (primary N) is 1. The lowest BCUT2D eigenvalue weighted by atomic mass is 10.1. The largest absolute Gasteiger partial charge is 0.369 e. The predicted octanol–water partition coefficient (Wildman–Crippen LogP) is 1.84. The fourth-order valence-corrected chi connectivity index (χ4v) is 3.95. The van der Waals surface area contributed by atoms with Gasteiger partial charge in [-0.15, -0.1) is 0 Å². The van der Waals surface area contributed by atoms with E-state index in [2.05, 4.69) is 40.9 Å². The Labute approximate surface area is 94.8 Å². The monoisotopic (exact) mass is 220 g/mol. The maximum Gasteiger partial charge on any atom is 0.0412 e. The highest BCUT2D eigenvalue weighted by molar-refractivity contribution is 8.02. The van der Waals surface area contributed by atoms with Gasteiger partial charge in [0, 0.05) is 35.8 Å². The Kier molecular flexibility index (Phi) is 2.37. The van der Waals surface area contributed by atoms with Crippen LogP contribution in [0, 0.1) is 0 Å².